The number of hydrogen-bond acceptors (Lipinski definition) is 7. The average molecular weight is 465 g/mol. The van der Waals surface area contributed by atoms with Crippen LogP contribution in [0.15, 0.2) is 30.5 Å². The van der Waals surface area contributed by atoms with Crippen molar-refractivity contribution >= 4 is 17.5 Å². The van der Waals surface area contributed by atoms with Crippen molar-refractivity contribution in [2.45, 2.75) is 37.6 Å². The molecule has 33 heavy (non-hydrogen) atoms. The van der Waals surface area contributed by atoms with Gasteiger partial charge in [-0.3, -0.25) is 14.6 Å². The molecule has 9 nitrogen and oxygen atoms in total. The molecule has 1 aliphatic rings. The lowest BCUT2D eigenvalue weighted by atomic mass is 9.89. The summed E-state index contributed by atoms with van der Waals surface area (Å²) < 4.78 is 44.9. The Morgan fingerprint density at radius 2 is 2.12 bits per heavy atom. The minimum Gasteiger partial charge on any atom is -0.487 e. The fraction of sp³-hybridized carbons (Fsp3) is 0.409. The molecule has 1 aliphatic heterocycles. The highest BCUT2D eigenvalue weighted by Gasteiger charge is 2.41. The maximum absolute atomic E-state index is 14.7. The molecule has 0 spiro atoms. The molecule has 4 atom stereocenters. The van der Waals surface area contributed by atoms with Gasteiger partial charge < -0.3 is 30.4 Å². The normalized spacial score (nSPS) is 20.9. The van der Waals surface area contributed by atoms with E-state index >= 15 is 0 Å². The molecule has 11 heteroatoms. The number of nitrogens with zero attached hydrogens (tertiary/aromatic N) is 1. The Balaban J connectivity index is 1.88. The van der Waals surface area contributed by atoms with Crippen LogP contribution in [-0.4, -0.2) is 60.5 Å². The minimum absolute atomic E-state index is 0.0297. The summed E-state index contributed by atoms with van der Waals surface area (Å²) in [6.07, 6.45) is -0.483. The SMILES string of the molecule is COC(CO)COc1c(C2CC(C)OC2C(=O)Nc2ccnc(C(N)=O)c2)ccc(F)c1F. The highest BCUT2D eigenvalue weighted by Crippen LogP contribution is 2.41. The predicted octanol–water partition coefficient (Wildman–Crippen LogP) is 1.74. The van der Waals surface area contributed by atoms with Crippen molar-refractivity contribution in [3.63, 3.8) is 0 Å². The number of pyridine rings is 1. The fourth-order valence-electron chi connectivity index (χ4n) is 3.63. The van der Waals surface area contributed by atoms with Crippen LogP contribution in [-0.2, 0) is 14.3 Å². The van der Waals surface area contributed by atoms with E-state index in [9.17, 15) is 23.5 Å². The maximum Gasteiger partial charge on any atom is 0.267 e. The number of methoxy groups -OCH3 is 1. The number of amides is 2. The largest absolute Gasteiger partial charge is 0.487 e. The molecule has 1 fully saturated rings. The number of nitrogens with two attached hydrogens (primary N) is 1. The summed E-state index contributed by atoms with van der Waals surface area (Å²) in [6, 6.07) is 5.10. The average Bonchev–Trinajstić information content (AvgIpc) is 3.19. The second-order valence-electron chi connectivity index (χ2n) is 7.62. The van der Waals surface area contributed by atoms with Crippen LogP contribution in [0.4, 0.5) is 14.5 Å². The number of hydrogen-bond donors (Lipinski definition) is 3. The molecule has 1 aromatic heterocycles. The Bertz CT molecular complexity index is 1020. The van der Waals surface area contributed by atoms with Gasteiger partial charge in [0.25, 0.3) is 11.8 Å². The zero-order chi connectivity index (χ0) is 24.1. The van der Waals surface area contributed by atoms with Gasteiger partial charge in [0.2, 0.25) is 5.82 Å². The van der Waals surface area contributed by atoms with E-state index in [1.165, 1.54) is 31.5 Å². The molecule has 0 radical (unpaired) electrons. The number of benzene rings is 1. The predicted molar refractivity (Wildman–Crippen MR) is 113 cm³/mol. The van der Waals surface area contributed by atoms with Crippen molar-refractivity contribution in [2.75, 3.05) is 25.6 Å². The van der Waals surface area contributed by atoms with Crippen molar-refractivity contribution in [1.82, 2.24) is 4.98 Å². The number of ether oxygens (including phenoxy) is 3. The van der Waals surface area contributed by atoms with E-state index in [2.05, 4.69) is 10.3 Å². The highest BCUT2D eigenvalue weighted by atomic mass is 19.2. The zero-order valence-electron chi connectivity index (χ0n) is 18.1. The first-order valence-corrected chi connectivity index (χ1v) is 10.2. The monoisotopic (exact) mass is 465 g/mol. The summed E-state index contributed by atoms with van der Waals surface area (Å²) >= 11 is 0. The number of primary amides is 1. The zero-order valence-corrected chi connectivity index (χ0v) is 18.1. The molecule has 4 N–H and O–H groups in total. The second kappa shape index (κ2) is 10.6. The number of anilines is 1. The lowest BCUT2D eigenvalue weighted by Gasteiger charge is -2.22. The van der Waals surface area contributed by atoms with Crippen molar-refractivity contribution in [2.24, 2.45) is 5.73 Å². The number of carbonyl (C=O) groups is 2. The van der Waals surface area contributed by atoms with Gasteiger partial charge in [0, 0.05) is 30.5 Å². The van der Waals surface area contributed by atoms with Crippen LogP contribution in [0.5, 0.6) is 5.75 Å². The number of nitrogens with one attached hydrogen (secondary N) is 1. The Hall–Kier alpha value is -3.15. The first-order chi connectivity index (χ1) is 15.7. The molecule has 1 saturated heterocycles. The number of aromatic nitrogens is 1. The minimum atomic E-state index is -1.21. The number of aliphatic hydroxyl groups is 1. The third-order valence-corrected chi connectivity index (χ3v) is 5.30. The van der Waals surface area contributed by atoms with E-state index < -0.39 is 41.6 Å². The molecular formula is C22H25F2N3O6. The van der Waals surface area contributed by atoms with Crippen molar-refractivity contribution in [3.8, 4) is 5.75 Å². The summed E-state index contributed by atoms with van der Waals surface area (Å²) in [4.78, 5) is 28.2. The Morgan fingerprint density at radius 1 is 1.36 bits per heavy atom. The van der Waals surface area contributed by atoms with E-state index in [0.29, 0.717) is 6.42 Å². The third kappa shape index (κ3) is 5.62. The summed E-state index contributed by atoms with van der Waals surface area (Å²) in [5.41, 5.74) is 5.72. The van der Waals surface area contributed by atoms with Crippen LogP contribution in [0.2, 0.25) is 0 Å². The topological polar surface area (TPSA) is 133 Å². The molecule has 2 amide bonds. The van der Waals surface area contributed by atoms with Gasteiger partial charge >= 0.3 is 0 Å². The van der Waals surface area contributed by atoms with Crippen LogP contribution in [0, 0.1) is 11.6 Å². The molecule has 2 aromatic rings. The molecule has 0 bridgehead atoms. The van der Waals surface area contributed by atoms with Crippen LogP contribution < -0.4 is 15.8 Å². The van der Waals surface area contributed by atoms with Gasteiger partial charge in [-0.15, -0.1) is 0 Å². The van der Waals surface area contributed by atoms with E-state index in [-0.39, 0.29) is 42.0 Å². The van der Waals surface area contributed by atoms with E-state index in [0.717, 1.165) is 6.07 Å². The number of halogens is 2. The molecule has 178 valence electrons. The smallest absolute Gasteiger partial charge is 0.267 e. The Kier molecular flexibility index (Phi) is 7.90. The molecule has 3 rings (SSSR count). The second-order valence-corrected chi connectivity index (χ2v) is 7.62. The van der Waals surface area contributed by atoms with Gasteiger partial charge in [0.05, 0.1) is 12.7 Å². The van der Waals surface area contributed by atoms with Crippen LogP contribution in [0.25, 0.3) is 0 Å². The van der Waals surface area contributed by atoms with Crippen molar-refractivity contribution in [1.29, 1.82) is 0 Å². The van der Waals surface area contributed by atoms with Gasteiger partial charge in [-0.25, -0.2) is 4.39 Å². The van der Waals surface area contributed by atoms with Crippen LogP contribution >= 0.6 is 0 Å². The number of rotatable bonds is 9. The van der Waals surface area contributed by atoms with E-state index in [1.807, 2.05) is 0 Å². The Labute approximate surface area is 188 Å². The van der Waals surface area contributed by atoms with Crippen LogP contribution in [0.3, 0.4) is 0 Å². The summed E-state index contributed by atoms with van der Waals surface area (Å²) in [5, 5.41) is 11.9. The summed E-state index contributed by atoms with van der Waals surface area (Å²) in [6.45, 7) is 1.15. The van der Waals surface area contributed by atoms with Gasteiger partial charge in [-0.05, 0) is 31.5 Å². The fourth-order valence-corrected chi connectivity index (χ4v) is 3.63. The molecular weight excluding hydrogens is 440 g/mol. The molecule has 2 heterocycles. The highest BCUT2D eigenvalue weighted by molar-refractivity contribution is 5.97. The third-order valence-electron chi connectivity index (χ3n) is 5.30. The van der Waals surface area contributed by atoms with Crippen molar-refractivity contribution in [3.05, 3.63) is 53.4 Å². The molecule has 4 unspecified atom stereocenters. The first kappa shape index (κ1) is 24.5. The standard InChI is InChI=1S/C22H25F2N3O6/c1-11-7-15(14-3-4-16(23)18(24)19(14)32-10-13(9-28)31-2)20(33-11)22(30)27-12-5-6-26-17(8-12)21(25)29/h3-6,8,11,13,15,20,28H,7,9-10H2,1-2H3,(H2,25,29)(H,26,27,30). The molecule has 0 aliphatic carbocycles. The van der Waals surface area contributed by atoms with E-state index in [1.54, 1.807) is 6.92 Å². The van der Waals surface area contributed by atoms with E-state index in [4.69, 9.17) is 19.9 Å². The summed E-state index contributed by atoms with van der Waals surface area (Å²) in [7, 11) is 1.35. The number of carbonyl (C=O) groups excluding carboxylic acids is 2. The number of aliphatic hydroxyl groups excluding tert-OH is 1. The van der Waals surface area contributed by atoms with Crippen molar-refractivity contribution < 1.29 is 37.7 Å². The van der Waals surface area contributed by atoms with Gasteiger partial charge in [-0.2, -0.15) is 4.39 Å². The van der Waals surface area contributed by atoms with Crippen LogP contribution in [0.1, 0.15) is 35.3 Å². The summed E-state index contributed by atoms with van der Waals surface area (Å²) in [5.74, 6) is -4.65. The lowest BCUT2D eigenvalue weighted by molar-refractivity contribution is -0.126. The quantitative estimate of drug-likeness (QED) is 0.514. The first-order valence-electron chi connectivity index (χ1n) is 10.2. The lowest BCUT2D eigenvalue weighted by Crippen LogP contribution is -2.32. The Morgan fingerprint density at radius 3 is 2.79 bits per heavy atom. The van der Waals surface area contributed by atoms with Gasteiger partial charge in [0.15, 0.2) is 11.6 Å². The van der Waals surface area contributed by atoms with Gasteiger partial charge in [-0.1, -0.05) is 6.07 Å². The molecule has 1 aromatic carbocycles. The van der Waals surface area contributed by atoms with Gasteiger partial charge in [0.1, 0.15) is 24.5 Å². The molecule has 0 saturated carbocycles. The maximum atomic E-state index is 14.7.